The SMILES string of the molecule is CC(C)C(=O)Oc1ccc(NC(=O)C(F)(F)F)cc1. The van der Waals surface area contributed by atoms with E-state index in [4.69, 9.17) is 4.74 Å². The quantitative estimate of drug-likeness (QED) is 0.681. The molecule has 0 bridgehead atoms. The molecule has 0 heterocycles. The van der Waals surface area contributed by atoms with Crippen molar-refractivity contribution in [3.05, 3.63) is 24.3 Å². The third kappa shape index (κ3) is 4.61. The summed E-state index contributed by atoms with van der Waals surface area (Å²) >= 11 is 0. The van der Waals surface area contributed by atoms with Gasteiger partial charge in [0.1, 0.15) is 5.75 Å². The van der Waals surface area contributed by atoms with Gasteiger partial charge >= 0.3 is 18.1 Å². The highest BCUT2D eigenvalue weighted by Gasteiger charge is 2.38. The number of esters is 1. The lowest BCUT2D eigenvalue weighted by molar-refractivity contribution is -0.167. The number of carbonyl (C=O) groups is 2. The van der Waals surface area contributed by atoms with E-state index in [0.717, 1.165) is 0 Å². The highest BCUT2D eigenvalue weighted by Crippen LogP contribution is 2.20. The minimum atomic E-state index is -4.94. The number of hydrogen-bond donors (Lipinski definition) is 1. The van der Waals surface area contributed by atoms with Crippen LogP contribution in [-0.4, -0.2) is 18.1 Å². The molecule has 19 heavy (non-hydrogen) atoms. The second-order valence-corrected chi connectivity index (χ2v) is 4.05. The average molecular weight is 275 g/mol. The van der Waals surface area contributed by atoms with Crippen LogP contribution in [0, 0.1) is 5.92 Å². The summed E-state index contributed by atoms with van der Waals surface area (Å²) < 4.78 is 40.9. The molecule has 4 nitrogen and oxygen atoms in total. The number of halogens is 3. The van der Waals surface area contributed by atoms with Crippen LogP contribution in [0.25, 0.3) is 0 Å². The van der Waals surface area contributed by atoms with Crippen LogP contribution in [0.4, 0.5) is 18.9 Å². The van der Waals surface area contributed by atoms with E-state index in [0.29, 0.717) is 0 Å². The maximum atomic E-state index is 12.0. The van der Waals surface area contributed by atoms with Crippen molar-refractivity contribution in [3.8, 4) is 5.75 Å². The van der Waals surface area contributed by atoms with Gasteiger partial charge in [0.15, 0.2) is 0 Å². The lowest BCUT2D eigenvalue weighted by Gasteiger charge is -2.09. The third-order valence-corrected chi connectivity index (χ3v) is 2.06. The molecule has 104 valence electrons. The number of amides is 1. The smallest absolute Gasteiger partial charge is 0.426 e. The Hall–Kier alpha value is -2.05. The van der Waals surface area contributed by atoms with Crippen LogP contribution >= 0.6 is 0 Å². The van der Waals surface area contributed by atoms with Crippen molar-refractivity contribution in [1.29, 1.82) is 0 Å². The highest BCUT2D eigenvalue weighted by atomic mass is 19.4. The molecule has 1 aromatic carbocycles. The number of nitrogens with one attached hydrogen (secondary N) is 1. The molecule has 1 N–H and O–H groups in total. The fraction of sp³-hybridized carbons (Fsp3) is 0.333. The van der Waals surface area contributed by atoms with E-state index in [2.05, 4.69) is 0 Å². The fourth-order valence-corrected chi connectivity index (χ4v) is 1.04. The molecule has 0 atom stereocenters. The number of alkyl halides is 3. The first-order valence-corrected chi connectivity index (χ1v) is 5.40. The Bertz CT molecular complexity index is 466. The molecule has 0 aromatic heterocycles. The van der Waals surface area contributed by atoms with Gasteiger partial charge < -0.3 is 10.1 Å². The number of anilines is 1. The largest absolute Gasteiger partial charge is 0.471 e. The van der Waals surface area contributed by atoms with E-state index >= 15 is 0 Å². The van der Waals surface area contributed by atoms with Crippen molar-refractivity contribution in [2.24, 2.45) is 5.92 Å². The molecule has 0 aliphatic rings. The molecule has 0 saturated carbocycles. The molecule has 0 radical (unpaired) electrons. The highest BCUT2D eigenvalue weighted by molar-refractivity contribution is 5.94. The van der Waals surface area contributed by atoms with Crippen molar-refractivity contribution in [2.45, 2.75) is 20.0 Å². The number of hydrogen-bond acceptors (Lipinski definition) is 3. The van der Waals surface area contributed by atoms with E-state index in [-0.39, 0.29) is 17.4 Å². The topological polar surface area (TPSA) is 55.4 Å². The van der Waals surface area contributed by atoms with Crippen molar-refractivity contribution in [3.63, 3.8) is 0 Å². The summed E-state index contributed by atoms with van der Waals surface area (Å²) in [5.41, 5.74) is -0.0355. The molecule has 0 aliphatic heterocycles. The summed E-state index contributed by atoms with van der Waals surface area (Å²) in [5, 5.41) is 1.68. The van der Waals surface area contributed by atoms with Gasteiger partial charge in [-0.2, -0.15) is 13.2 Å². The predicted octanol–water partition coefficient (Wildman–Crippen LogP) is 2.75. The average Bonchev–Trinajstić information content (AvgIpc) is 2.30. The van der Waals surface area contributed by atoms with Gasteiger partial charge in [-0.25, -0.2) is 0 Å². The second kappa shape index (κ2) is 5.73. The zero-order chi connectivity index (χ0) is 14.6. The third-order valence-electron chi connectivity index (χ3n) is 2.06. The molecule has 0 aliphatic carbocycles. The zero-order valence-corrected chi connectivity index (χ0v) is 10.2. The van der Waals surface area contributed by atoms with E-state index in [1.165, 1.54) is 24.3 Å². The number of benzene rings is 1. The molecular formula is C12H12F3NO3. The Balaban J connectivity index is 2.67. The summed E-state index contributed by atoms with van der Waals surface area (Å²) in [7, 11) is 0. The van der Waals surface area contributed by atoms with Crippen molar-refractivity contribution >= 4 is 17.6 Å². The van der Waals surface area contributed by atoms with Crippen LogP contribution in [0.15, 0.2) is 24.3 Å². The predicted molar refractivity (Wildman–Crippen MR) is 61.6 cm³/mol. The van der Waals surface area contributed by atoms with E-state index < -0.39 is 18.1 Å². The van der Waals surface area contributed by atoms with Gasteiger partial charge in [-0.1, -0.05) is 13.8 Å². The second-order valence-electron chi connectivity index (χ2n) is 4.05. The Labute approximate surface area is 107 Å². The van der Waals surface area contributed by atoms with Gasteiger partial charge in [-0.05, 0) is 24.3 Å². The van der Waals surface area contributed by atoms with Crippen LogP contribution in [-0.2, 0) is 9.59 Å². The lowest BCUT2D eigenvalue weighted by atomic mass is 10.2. The van der Waals surface area contributed by atoms with E-state index in [1.807, 2.05) is 0 Å². The van der Waals surface area contributed by atoms with Gasteiger partial charge in [0.2, 0.25) is 0 Å². The summed E-state index contributed by atoms with van der Waals surface area (Å²) in [6, 6.07) is 5.03. The Morgan fingerprint density at radius 1 is 1.16 bits per heavy atom. The van der Waals surface area contributed by atoms with Crippen LogP contribution in [0.5, 0.6) is 5.75 Å². The monoisotopic (exact) mass is 275 g/mol. The maximum Gasteiger partial charge on any atom is 0.471 e. The molecule has 1 rings (SSSR count). The first kappa shape index (κ1) is 15.0. The maximum absolute atomic E-state index is 12.0. The molecule has 1 aromatic rings. The van der Waals surface area contributed by atoms with Gasteiger partial charge in [0.25, 0.3) is 0 Å². The molecule has 0 spiro atoms. The minimum absolute atomic E-state index is 0.0355. The number of carbonyl (C=O) groups excluding carboxylic acids is 2. The Kier molecular flexibility index (Phi) is 4.52. The summed E-state index contributed by atoms with van der Waals surface area (Å²) in [6.07, 6.45) is -4.94. The summed E-state index contributed by atoms with van der Waals surface area (Å²) in [4.78, 5) is 21.9. The molecule has 0 saturated heterocycles. The van der Waals surface area contributed by atoms with Crippen LogP contribution in [0.2, 0.25) is 0 Å². The van der Waals surface area contributed by atoms with Crippen LogP contribution in [0.3, 0.4) is 0 Å². The van der Waals surface area contributed by atoms with E-state index in [9.17, 15) is 22.8 Å². The Morgan fingerprint density at radius 3 is 2.11 bits per heavy atom. The van der Waals surface area contributed by atoms with Gasteiger partial charge in [0.05, 0.1) is 5.92 Å². The summed E-state index contributed by atoms with van der Waals surface area (Å²) in [6.45, 7) is 3.31. The standard InChI is InChI=1S/C12H12F3NO3/c1-7(2)10(17)19-9-5-3-8(4-6-9)16-11(18)12(13,14)15/h3-7H,1-2H3,(H,16,18). The molecule has 0 fully saturated rings. The first-order valence-electron chi connectivity index (χ1n) is 5.40. The molecule has 0 unspecified atom stereocenters. The number of rotatable bonds is 3. The zero-order valence-electron chi connectivity index (χ0n) is 10.2. The molecule has 1 amide bonds. The van der Waals surface area contributed by atoms with Crippen LogP contribution < -0.4 is 10.1 Å². The minimum Gasteiger partial charge on any atom is -0.426 e. The van der Waals surface area contributed by atoms with Gasteiger partial charge in [0, 0.05) is 5.69 Å². The van der Waals surface area contributed by atoms with E-state index in [1.54, 1.807) is 19.2 Å². The van der Waals surface area contributed by atoms with Crippen molar-refractivity contribution in [2.75, 3.05) is 5.32 Å². The number of ether oxygens (including phenoxy) is 1. The molecular weight excluding hydrogens is 263 g/mol. The van der Waals surface area contributed by atoms with Crippen molar-refractivity contribution < 1.29 is 27.5 Å². The van der Waals surface area contributed by atoms with Crippen molar-refractivity contribution in [1.82, 2.24) is 0 Å². The Morgan fingerprint density at radius 2 is 1.68 bits per heavy atom. The van der Waals surface area contributed by atoms with Crippen LogP contribution in [0.1, 0.15) is 13.8 Å². The lowest BCUT2D eigenvalue weighted by Crippen LogP contribution is -2.29. The summed E-state index contributed by atoms with van der Waals surface area (Å²) in [5.74, 6) is -2.63. The first-order chi connectivity index (χ1) is 8.70. The normalized spacial score (nSPS) is 11.3. The van der Waals surface area contributed by atoms with Gasteiger partial charge in [-0.15, -0.1) is 0 Å². The molecule has 7 heteroatoms. The fourth-order valence-electron chi connectivity index (χ4n) is 1.04. The van der Waals surface area contributed by atoms with Gasteiger partial charge in [-0.3, -0.25) is 9.59 Å².